The Morgan fingerprint density at radius 3 is 2.54 bits per heavy atom. The smallest absolute Gasteiger partial charge is 0.256 e. The van der Waals surface area contributed by atoms with Crippen molar-refractivity contribution in [2.24, 2.45) is 7.05 Å². The molecule has 1 atom stereocenters. The maximum atomic E-state index is 14.0. The highest BCUT2D eigenvalue weighted by molar-refractivity contribution is 6.08. The minimum atomic E-state index is -0.296. The van der Waals surface area contributed by atoms with Crippen molar-refractivity contribution in [2.45, 2.75) is 13.0 Å². The summed E-state index contributed by atoms with van der Waals surface area (Å²) >= 11 is 0. The number of pyridine rings is 1. The highest BCUT2D eigenvalue weighted by Crippen LogP contribution is 2.31. The molecule has 0 bridgehead atoms. The number of aromatic nitrogens is 3. The number of rotatable bonds is 6. The lowest BCUT2D eigenvalue weighted by Crippen LogP contribution is -2.54. The number of imidazole rings is 1. The zero-order chi connectivity index (χ0) is 25.9. The van der Waals surface area contributed by atoms with Gasteiger partial charge in [0.2, 0.25) is 5.91 Å². The van der Waals surface area contributed by atoms with Crippen LogP contribution < -0.4 is 10.2 Å². The molecule has 2 aromatic carbocycles. The van der Waals surface area contributed by atoms with Crippen LogP contribution in [-0.4, -0.2) is 70.6 Å². The molecule has 0 saturated carbocycles. The Balaban J connectivity index is 1.52. The van der Waals surface area contributed by atoms with Crippen LogP contribution in [0.2, 0.25) is 0 Å². The highest BCUT2D eigenvalue weighted by atomic mass is 16.5. The van der Waals surface area contributed by atoms with Gasteiger partial charge >= 0.3 is 0 Å². The molecule has 1 fully saturated rings. The fourth-order valence-electron chi connectivity index (χ4n) is 4.96. The molecule has 1 aliphatic heterocycles. The van der Waals surface area contributed by atoms with Gasteiger partial charge in [-0.05, 0) is 43.3 Å². The minimum Gasteiger partial charge on any atom is -0.375 e. The summed E-state index contributed by atoms with van der Waals surface area (Å²) in [5, 5.41) is 2.84. The predicted octanol–water partition coefficient (Wildman–Crippen LogP) is 3.57. The van der Waals surface area contributed by atoms with Gasteiger partial charge in [0, 0.05) is 69.2 Å². The molecule has 2 aromatic heterocycles. The quantitative estimate of drug-likeness (QED) is 0.437. The Morgan fingerprint density at radius 2 is 1.84 bits per heavy atom. The molecule has 1 aliphatic rings. The minimum absolute atomic E-state index is 0.00357. The second kappa shape index (κ2) is 10.4. The number of amides is 2. The Bertz CT molecular complexity index is 1420. The average Bonchev–Trinajstić information content (AvgIpc) is 3.25. The molecule has 9 heteroatoms. The molecule has 0 unspecified atom stereocenters. The Morgan fingerprint density at radius 1 is 1.08 bits per heavy atom. The molecule has 1 saturated heterocycles. The number of methoxy groups -OCH3 is 1. The van der Waals surface area contributed by atoms with Crippen LogP contribution in [0.15, 0.2) is 67.0 Å². The number of para-hydroxylation sites is 1. The number of ether oxygens (including phenoxy) is 1. The van der Waals surface area contributed by atoms with E-state index < -0.39 is 0 Å². The summed E-state index contributed by atoms with van der Waals surface area (Å²) in [6.45, 7) is 4.05. The van der Waals surface area contributed by atoms with E-state index in [1.807, 2.05) is 46.8 Å². The summed E-state index contributed by atoms with van der Waals surface area (Å²) in [7, 11) is 3.37. The highest BCUT2D eigenvalue weighted by Gasteiger charge is 2.30. The zero-order valence-corrected chi connectivity index (χ0v) is 21.2. The number of piperazine rings is 1. The van der Waals surface area contributed by atoms with Gasteiger partial charge in [0.1, 0.15) is 12.4 Å². The van der Waals surface area contributed by atoms with Crippen LogP contribution in [-0.2, 0) is 16.6 Å². The maximum Gasteiger partial charge on any atom is 0.256 e. The lowest BCUT2D eigenvalue weighted by atomic mass is 10.1. The van der Waals surface area contributed by atoms with Gasteiger partial charge in [0.25, 0.3) is 5.91 Å². The van der Waals surface area contributed by atoms with E-state index in [-0.39, 0.29) is 24.5 Å². The number of carbonyl (C=O) groups is 2. The van der Waals surface area contributed by atoms with Crippen molar-refractivity contribution in [3.63, 3.8) is 0 Å². The summed E-state index contributed by atoms with van der Waals surface area (Å²) in [4.78, 5) is 39.5. The first-order valence-corrected chi connectivity index (χ1v) is 12.3. The molecular weight excluding hydrogens is 468 g/mol. The fraction of sp³-hybridized carbons (Fsp3) is 0.286. The number of anilines is 2. The third-order valence-corrected chi connectivity index (χ3v) is 6.71. The topological polar surface area (TPSA) is 92.6 Å². The molecule has 37 heavy (non-hydrogen) atoms. The van der Waals surface area contributed by atoms with Crippen LogP contribution in [0.1, 0.15) is 17.3 Å². The van der Waals surface area contributed by atoms with Crippen molar-refractivity contribution >= 4 is 34.2 Å². The first-order valence-electron chi connectivity index (χ1n) is 12.3. The normalized spacial score (nSPS) is 15.7. The van der Waals surface area contributed by atoms with Gasteiger partial charge in [0.05, 0.1) is 16.6 Å². The van der Waals surface area contributed by atoms with Gasteiger partial charge in [-0.15, -0.1) is 0 Å². The first-order chi connectivity index (χ1) is 18.0. The van der Waals surface area contributed by atoms with Gasteiger partial charge in [-0.3, -0.25) is 14.6 Å². The number of hydrogen-bond donors (Lipinski definition) is 1. The Hall–Kier alpha value is -4.24. The first kappa shape index (κ1) is 24.5. The Labute approximate surface area is 215 Å². The number of fused-ring (bicyclic) bond motifs is 1. The van der Waals surface area contributed by atoms with E-state index in [1.165, 1.54) is 7.11 Å². The van der Waals surface area contributed by atoms with Crippen LogP contribution in [0.25, 0.3) is 22.4 Å². The summed E-state index contributed by atoms with van der Waals surface area (Å²) in [6.07, 6.45) is 3.43. The number of aryl methyl sites for hydroxylation is 1. The lowest BCUT2D eigenvalue weighted by Gasteiger charge is -2.41. The third kappa shape index (κ3) is 4.90. The van der Waals surface area contributed by atoms with Crippen LogP contribution in [0.5, 0.6) is 0 Å². The predicted molar refractivity (Wildman–Crippen MR) is 144 cm³/mol. The number of carbonyl (C=O) groups excluding carboxylic acids is 2. The maximum absolute atomic E-state index is 14.0. The molecule has 9 nitrogen and oxygen atoms in total. The monoisotopic (exact) mass is 498 g/mol. The van der Waals surface area contributed by atoms with E-state index in [2.05, 4.69) is 34.3 Å². The van der Waals surface area contributed by atoms with Gasteiger partial charge in [-0.1, -0.05) is 18.2 Å². The number of nitrogens with one attached hydrogen (secondary N) is 1. The third-order valence-electron chi connectivity index (χ3n) is 6.71. The van der Waals surface area contributed by atoms with E-state index in [0.29, 0.717) is 29.1 Å². The molecule has 3 heterocycles. The van der Waals surface area contributed by atoms with Crippen molar-refractivity contribution in [1.29, 1.82) is 0 Å². The largest absolute Gasteiger partial charge is 0.375 e. The Kier molecular flexibility index (Phi) is 6.87. The zero-order valence-electron chi connectivity index (χ0n) is 21.2. The summed E-state index contributed by atoms with van der Waals surface area (Å²) in [5.74, 6) is 0.335. The molecule has 0 aliphatic carbocycles. The number of nitrogens with zero attached hydrogens (tertiary/aromatic N) is 5. The van der Waals surface area contributed by atoms with E-state index >= 15 is 0 Å². The summed E-state index contributed by atoms with van der Waals surface area (Å²) in [6, 6.07) is 17.5. The van der Waals surface area contributed by atoms with Crippen molar-refractivity contribution in [2.75, 3.05) is 43.6 Å². The van der Waals surface area contributed by atoms with Crippen LogP contribution >= 0.6 is 0 Å². The molecule has 0 spiro atoms. The van der Waals surface area contributed by atoms with Crippen molar-refractivity contribution in [3.05, 3.63) is 72.6 Å². The van der Waals surface area contributed by atoms with Crippen LogP contribution in [0, 0.1) is 0 Å². The van der Waals surface area contributed by atoms with E-state index in [9.17, 15) is 9.59 Å². The average molecular weight is 499 g/mol. The van der Waals surface area contributed by atoms with Gasteiger partial charge in [0.15, 0.2) is 0 Å². The van der Waals surface area contributed by atoms with Gasteiger partial charge < -0.3 is 24.4 Å². The number of benzene rings is 2. The SMILES string of the molecule is COCC(=O)Nc1cc(C(=O)N2CCN(c3ccccc3)C[C@@H]2C)c2c(c1)nc(-c1ccncc1)n2C. The number of hydrogen-bond acceptors (Lipinski definition) is 6. The van der Waals surface area contributed by atoms with E-state index in [0.717, 1.165) is 29.9 Å². The standard InChI is InChI=1S/C28H30N6O3/c1-19-17-33(22-7-5-4-6-8-22)13-14-34(19)28(36)23-15-21(30-25(35)18-37-3)16-24-26(23)32(2)27(31-24)20-9-11-29-12-10-20/h4-12,15-16,19H,13-14,17-18H2,1-3H3,(H,30,35)/t19-/m0/s1. The molecular formula is C28H30N6O3. The van der Waals surface area contributed by atoms with Crippen molar-refractivity contribution in [3.8, 4) is 11.4 Å². The molecule has 0 radical (unpaired) electrons. The second-order valence-corrected chi connectivity index (χ2v) is 9.23. The molecule has 4 aromatic rings. The fourth-order valence-corrected chi connectivity index (χ4v) is 4.96. The van der Waals surface area contributed by atoms with Crippen LogP contribution in [0.4, 0.5) is 11.4 Å². The second-order valence-electron chi connectivity index (χ2n) is 9.23. The molecule has 2 amide bonds. The molecule has 1 N–H and O–H groups in total. The summed E-state index contributed by atoms with van der Waals surface area (Å²) < 4.78 is 6.89. The lowest BCUT2D eigenvalue weighted by molar-refractivity contribution is -0.119. The van der Waals surface area contributed by atoms with Crippen LogP contribution in [0.3, 0.4) is 0 Å². The van der Waals surface area contributed by atoms with E-state index in [1.54, 1.807) is 24.5 Å². The summed E-state index contributed by atoms with van der Waals surface area (Å²) in [5.41, 5.74) is 4.40. The van der Waals surface area contributed by atoms with Gasteiger partial charge in [-0.2, -0.15) is 0 Å². The van der Waals surface area contributed by atoms with Crippen molar-refractivity contribution in [1.82, 2.24) is 19.4 Å². The van der Waals surface area contributed by atoms with E-state index in [4.69, 9.17) is 9.72 Å². The molecule has 190 valence electrons. The van der Waals surface area contributed by atoms with Crippen molar-refractivity contribution < 1.29 is 14.3 Å². The molecule has 5 rings (SSSR count). The van der Waals surface area contributed by atoms with Gasteiger partial charge in [-0.25, -0.2) is 4.98 Å².